The maximum atomic E-state index is 10.6. The van der Waals surface area contributed by atoms with Gasteiger partial charge in [0.05, 0.1) is 6.04 Å². The number of alkyl halides is 3. The Morgan fingerprint density at radius 1 is 1.00 bits per heavy atom. The first-order valence-corrected chi connectivity index (χ1v) is 9.37. The van der Waals surface area contributed by atoms with E-state index >= 15 is 0 Å². The molecule has 0 saturated heterocycles. The smallest absolute Gasteiger partial charge is 0.475 e. The fourth-order valence-electron chi connectivity index (χ4n) is 2.49. The predicted octanol–water partition coefficient (Wildman–Crippen LogP) is 4.61. The normalized spacial score (nSPS) is 11.8. The second-order valence-corrected chi connectivity index (χ2v) is 6.44. The molecule has 0 aliphatic carbocycles. The van der Waals surface area contributed by atoms with E-state index in [2.05, 4.69) is 15.1 Å². The summed E-state index contributed by atoms with van der Waals surface area (Å²) in [5.41, 5.74) is 7.65. The number of aliphatic carboxylic acids is 1. The number of carbonyl (C=O) groups is 1. The number of halogens is 3. The lowest BCUT2D eigenvalue weighted by molar-refractivity contribution is -0.192. The summed E-state index contributed by atoms with van der Waals surface area (Å²) in [5.74, 6) is -0.685. The molecular formula is C22H17F3N4O4. The number of rotatable bonds is 5. The van der Waals surface area contributed by atoms with Crippen LogP contribution in [0, 0.1) is 0 Å². The van der Waals surface area contributed by atoms with Crippen LogP contribution >= 0.6 is 0 Å². The van der Waals surface area contributed by atoms with Gasteiger partial charge in [0, 0.05) is 12.3 Å². The van der Waals surface area contributed by atoms with E-state index in [0.29, 0.717) is 23.2 Å². The fraction of sp³-hybridized carbons (Fsp3) is 0.0909. The maximum absolute atomic E-state index is 10.6. The molecule has 170 valence electrons. The van der Waals surface area contributed by atoms with Crippen molar-refractivity contribution < 1.29 is 32.3 Å². The lowest BCUT2D eigenvalue weighted by atomic mass is 10.1. The van der Waals surface area contributed by atoms with Crippen LogP contribution in [0.2, 0.25) is 0 Å². The van der Waals surface area contributed by atoms with Crippen LogP contribution in [0.4, 0.5) is 13.2 Å². The molecule has 4 aromatic rings. The van der Waals surface area contributed by atoms with Crippen LogP contribution in [0.3, 0.4) is 0 Å². The quantitative estimate of drug-likeness (QED) is 0.444. The molecule has 33 heavy (non-hydrogen) atoms. The van der Waals surface area contributed by atoms with Crippen molar-refractivity contribution in [2.75, 3.05) is 0 Å². The number of carboxylic acid groups (broad SMARTS) is 1. The topological polar surface area (TPSA) is 124 Å². The number of nitrogens with two attached hydrogens (primary N) is 1. The van der Waals surface area contributed by atoms with Crippen molar-refractivity contribution in [1.29, 1.82) is 0 Å². The van der Waals surface area contributed by atoms with Gasteiger partial charge in [0.2, 0.25) is 0 Å². The van der Waals surface area contributed by atoms with Crippen molar-refractivity contribution in [3.05, 3.63) is 90.4 Å². The first-order chi connectivity index (χ1) is 15.7. The van der Waals surface area contributed by atoms with Crippen LogP contribution < -0.4 is 10.5 Å². The van der Waals surface area contributed by atoms with Crippen LogP contribution in [0.1, 0.15) is 17.4 Å². The van der Waals surface area contributed by atoms with Crippen molar-refractivity contribution in [3.8, 4) is 23.1 Å². The van der Waals surface area contributed by atoms with E-state index < -0.39 is 18.2 Å². The molecule has 0 spiro atoms. The van der Waals surface area contributed by atoms with Crippen LogP contribution in [0.5, 0.6) is 11.5 Å². The molecule has 0 fully saturated rings. The Kier molecular flexibility index (Phi) is 7.36. The Bertz CT molecular complexity index is 1180. The summed E-state index contributed by atoms with van der Waals surface area (Å²) in [6.07, 6.45) is -3.45. The highest BCUT2D eigenvalue weighted by molar-refractivity contribution is 5.73. The highest BCUT2D eigenvalue weighted by atomic mass is 19.4. The van der Waals surface area contributed by atoms with Gasteiger partial charge in [-0.25, -0.2) is 4.79 Å². The van der Waals surface area contributed by atoms with E-state index in [-0.39, 0.29) is 0 Å². The third-order valence-electron chi connectivity index (χ3n) is 4.05. The molecule has 2 aromatic carbocycles. The number of hydrogen-bond donors (Lipinski definition) is 2. The Balaban J connectivity index is 0.000000383. The standard InChI is InChI=1S/C20H16N4O2.C2HF3O2/c21-18(14-7-3-1-4-8-14)19-23-20(26-24-19)17-13-16(11-12-22-17)25-15-9-5-2-6-10-15;3-2(4,5)1(6)7/h1-13,18H,21H2;(H,6,7). The molecule has 1 unspecified atom stereocenters. The molecule has 1 atom stereocenters. The third kappa shape index (κ3) is 6.61. The van der Waals surface area contributed by atoms with Crippen molar-refractivity contribution in [3.63, 3.8) is 0 Å². The number of nitrogens with zero attached hydrogens (tertiary/aromatic N) is 3. The molecule has 11 heteroatoms. The van der Waals surface area contributed by atoms with E-state index in [9.17, 15) is 13.2 Å². The largest absolute Gasteiger partial charge is 0.490 e. The van der Waals surface area contributed by atoms with Crippen molar-refractivity contribution >= 4 is 5.97 Å². The van der Waals surface area contributed by atoms with Gasteiger partial charge in [-0.1, -0.05) is 53.7 Å². The van der Waals surface area contributed by atoms with Gasteiger partial charge in [-0.3, -0.25) is 4.98 Å². The zero-order valence-electron chi connectivity index (χ0n) is 16.8. The summed E-state index contributed by atoms with van der Waals surface area (Å²) in [7, 11) is 0. The Labute approximate surface area is 185 Å². The molecule has 2 heterocycles. The second-order valence-electron chi connectivity index (χ2n) is 6.44. The molecule has 8 nitrogen and oxygen atoms in total. The highest BCUT2D eigenvalue weighted by Gasteiger charge is 2.38. The summed E-state index contributed by atoms with van der Waals surface area (Å²) < 4.78 is 42.9. The molecule has 0 aliphatic rings. The fourth-order valence-corrected chi connectivity index (χ4v) is 2.49. The van der Waals surface area contributed by atoms with Crippen LogP contribution in [0.25, 0.3) is 11.6 Å². The maximum Gasteiger partial charge on any atom is 0.490 e. The van der Waals surface area contributed by atoms with Crippen molar-refractivity contribution in [1.82, 2.24) is 15.1 Å². The monoisotopic (exact) mass is 458 g/mol. The molecular weight excluding hydrogens is 441 g/mol. The highest BCUT2D eigenvalue weighted by Crippen LogP contribution is 2.26. The van der Waals surface area contributed by atoms with Crippen LogP contribution in [-0.2, 0) is 4.79 Å². The van der Waals surface area contributed by atoms with E-state index in [1.165, 1.54) is 0 Å². The molecule has 0 amide bonds. The third-order valence-corrected chi connectivity index (χ3v) is 4.05. The predicted molar refractivity (Wildman–Crippen MR) is 110 cm³/mol. The zero-order chi connectivity index (χ0) is 23.8. The molecule has 0 bridgehead atoms. The van der Waals surface area contributed by atoms with E-state index in [1.807, 2.05) is 60.7 Å². The van der Waals surface area contributed by atoms with Gasteiger partial charge in [0.25, 0.3) is 5.89 Å². The Hall–Kier alpha value is -4.25. The number of ether oxygens (including phenoxy) is 1. The molecule has 3 N–H and O–H groups in total. The lowest BCUT2D eigenvalue weighted by Crippen LogP contribution is -2.21. The van der Waals surface area contributed by atoms with Gasteiger partial charge < -0.3 is 20.1 Å². The minimum Gasteiger partial charge on any atom is -0.475 e. The number of benzene rings is 2. The summed E-state index contributed by atoms with van der Waals surface area (Å²) in [4.78, 5) is 17.6. The second kappa shape index (κ2) is 10.4. The minimum absolute atomic E-state index is 0.296. The van der Waals surface area contributed by atoms with Crippen LogP contribution in [0.15, 0.2) is 83.5 Å². The molecule has 0 saturated carbocycles. The number of pyridine rings is 1. The van der Waals surface area contributed by atoms with Crippen molar-refractivity contribution in [2.45, 2.75) is 12.2 Å². The molecule has 4 rings (SSSR count). The first kappa shape index (κ1) is 23.4. The Morgan fingerprint density at radius 3 is 2.21 bits per heavy atom. The van der Waals surface area contributed by atoms with Crippen molar-refractivity contribution in [2.24, 2.45) is 5.73 Å². The average molecular weight is 458 g/mol. The zero-order valence-corrected chi connectivity index (χ0v) is 16.8. The molecule has 0 radical (unpaired) electrons. The number of para-hydroxylation sites is 1. The summed E-state index contributed by atoms with van der Waals surface area (Å²) in [5, 5.41) is 11.1. The van der Waals surface area contributed by atoms with Gasteiger partial charge in [-0.05, 0) is 23.8 Å². The minimum atomic E-state index is -5.08. The number of aromatic nitrogens is 3. The molecule has 0 aliphatic heterocycles. The SMILES string of the molecule is NC(c1ccccc1)c1noc(-c2cc(Oc3ccccc3)ccn2)n1.O=C(O)C(F)(F)F. The van der Waals surface area contributed by atoms with Gasteiger partial charge in [0.15, 0.2) is 5.82 Å². The van der Waals surface area contributed by atoms with Gasteiger partial charge in [-0.15, -0.1) is 0 Å². The Morgan fingerprint density at radius 2 is 1.61 bits per heavy atom. The van der Waals surface area contributed by atoms with Crippen LogP contribution in [-0.4, -0.2) is 32.4 Å². The molecule has 2 aromatic heterocycles. The number of carboxylic acids is 1. The van der Waals surface area contributed by atoms with Gasteiger partial charge >= 0.3 is 12.1 Å². The van der Waals surface area contributed by atoms with Gasteiger partial charge in [0.1, 0.15) is 17.2 Å². The summed E-state index contributed by atoms with van der Waals surface area (Å²) >= 11 is 0. The lowest BCUT2D eigenvalue weighted by Gasteiger charge is -2.06. The van der Waals surface area contributed by atoms with E-state index in [1.54, 1.807) is 18.3 Å². The number of hydrogen-bond acceptors (Lipinski definition) is 7. The van der Waals surface area contributed by atoms with E-state index in [0.717, 1.165) is 11.3 Å². The average Bonchev–Trinajstić information content (AvgIpc) is 3.30. The van der Waals surface area contributed by atoms with E-state index in [4.69, 9.17) is 24.9 Å². The summed E-state index contributed by atoms with van der Waals surface area (Å²) in [6, 6.07) is 22.2. The first-order valence-electron chi connectivity index (χ1n) is 9.37. The summed E-state index contributed by atoms with van der Waals surface area (Å²) in [6.45, 7) is 0. The van der Waals surface area contributed by atoms with Gasteiger partial charge in [-0.2, -0.15) is 18.2 Å².